The lowest BCUT2D eigenvalue weighted by atomic mass is 10.0. The van der Waals surface area contributed by atoms with Gasteiger partial charge in [0, 0.05) is 18.5 Å². The van der Waals surface area contributed by atoms with E-state index in [9.17, 15) is 4.79 Å². The van der Waals surface area contributed by atoms with Gasteiger partial charge in [-0.05, 0) is 50.4 Å². The minimum atomic E-state index is 0.390. The summed E-state index contributed by atoms with van der Waals surface area (Å²) in [5.41, 5.74) is 0. The zero-order chi connectivity index (χ0) is 10.6. The first kappa shape index (κ1) is 9.68. The van der Waals surface area contributed by atoms with Gasteiger partial charge in [0.15, 0.2) is 0 Å². The van der Waals surface area contributed by atoms with Gasteiger partial charge < -0.3 is 4.90 Å². The highest BCUT2D eigenvalue weighted by Crippen LogP contribution is 2.54. The molecule has 1 amide bonds. The van der Waals surface area contributed by atoms with Crippen molar-refractivity contribution in [3.8, 4) is 0 Å². The third-order valence-corrected chi connectivity index (χ3v) is 4.66. The molecule has 2 saturated carbocycles. The summed E-state index contributed by atoms with van der Waals surface area (Å²) in [6, 6.07) is 0.490. The Bertz CT molecular complexity index is 278. The highest BCUT2D eigenvalue weighted by atomic mass is 16.2. The minimum Gasteiger partial charge on any atom is -0.339 e. The standard InChI is InChI=1S/C13H21NO/c1-8-3-9(2)14(7-8)13(15)12-5-10-4-11(10)6-12/h8-12H,3-7H2,1-2H3. The van der Waals surface area contributed by atoms with Crippen LogP contribution in [0.3, 0.4) is 0 Å². The summed E-state index contributed by atoms with van der Waals surface area (Å²) < 4.78 is 0. The van der Waals surface area contributed by atoms with Crippen molar-refractivity contribution >= 4 is 5.91 Å². The van der Waals surface area contributed by atoms with Crippen LogP contribution in [0, 0.1) is 23.7 Å². The van der Waals surface area contributed by atoms with Crippen LogP contribution in [0.2, 0.25) is 0 Å². The van der Waals surface area contributed by atoms with Crippen molar-refractivity contribution in [1.29, 1.82) is 0 Å². The molecule has 2 heteroatoms. The molecule has 0 radical (unpaired) electrons. The molecule has 15 heavy (non-hydrogen) atoms. The Morgan fingerprint density at radius 1 is 1.07 bits per heavy atom. The Morgan fingerprint density at radius 3 is 2.27 bits per heavy atom. The molecular formula is C13H21NO. The molecule has 84 valence electrons. The maximum atomic E-state index is 12.3. The molecule has 3 fully saturated rings. The lowest BCUT2D eigenvalue weighted by Crippen LogP contribution is -2.38. The van der Waals surface area contributed by atoms with E-state index in [4.69, 9.17) is 0 Å². The predicted octanol–water partition coefficient (Wildman–Crippen LogP) is 2.29. The predicted molar refractivity (Wildman–Crippen MR) is 59.3 cm³/mol. The van der Waals surface area contributed by atoms with Crippen molar-refractivity contribution < 1.29 is 4.79 Å². The summed E-state index contributed by atoms with van der Waals surface area (Å²) in [7, 11) is 0. The Morgan fingerprint density at radius 2 is 1.73 bits per heavy atom. The van der Waals surface area contributed by atoms with Crippen molar-refractivity contribution in [3.05, 3.63) is 0 Å². The summed E-state index contributed by atoms with van der Waals surface area (Å²) in [5, 5.41) is 0. The number of likely N-dealkylation sites (tertiary alicyclic amines) is 1. The molecule has 3 aliphatic rings. The summed E-state index contributed by atoms with van der Waals surface area (Å²) in [4.78, 5) is 14.4. The number of nitrogens with zero attached hydrogens (tertiary/aromatic N) is 1. The number of hydrogen-bond donors (Lipinski definition) is 0. The molecule has 0 aromatic carbocycles. The number of amides is 1. The van der Waals surface area contributed by atoms with Gasteiger partial charge in [-0.2, -0.15) is 0 Å². The van der Waals surface area contributed by atoms with Crippen molar-refractivity contribution in [1.82, 2.24) is 4.90 Å². The van der Waals surface area contributed by atoms with Gasteiger partial charge in [-0.1, -0.05) is 6.92 Å². The van der Waals surface area contributed by atoms with E-state index in [1.165, 1.54) is 25.7 Å². The maximum Gasteiger partial charge on any atom is 0.225 e. The third kappa shape index (κ3) is 1.58. The first-order valence-corrected chi connectivity index (χ1v) is 6.45. The summed E-state index contributed by atoms with van der Waals surface area (Å²) in [6.45, 7) is 5.47. The highest BCUT2D eigenvalue weighted by Gasteiger charge is 2.49. The van der Waals surface area contributed by atoms with Gasteiger partial charge in [-0.3, -0.25) is 4.79 Å². The SMILES string of the molecule is CC1CC(C)N(C(=O)C2CC3CC3C2)C1. The molecule has 1 aliphatic heterocycles. The van der Waals surface area contributed by atoms with E-state index in [1.807, 2.05) is 0 Å². The fourth-order valence-corrected chi connectivity index (χ4v) is 3.76. The van der Waals surface area contributed by atoms with Crippen molar-refractivity contribution in [2.24, 2.45) is 23.7 Å². The molecule has 4 unspecified atom stereocenters. The summed E-state index contributed by atoms with van der Waals surface area (Å²) in [5.74, 6) is 3.42. The monoisotopic (exact) mass is 207 g/mol. The quantitative estimate of drug-likeness (QED) is 0.646. The molecule has 1 saturated heterocycles. The summed E-state index contributed by atoms with van der Waals surface area (Å²) >= 11 is 0. The van der Waals surface area contributed by atoms with Gasteiger partial charge in [-0.25, -0.2) is 0 Å². The van der Waals surface area contributed by atoms with Gasteiger partial charge >= 0.3 is 0 Å². The van der Waals surface area contributed by atoms with E-state index < -0.39 is 0 Å². The molecule has 0 aromatic heterocycles. The van der Waals surface area contributed by atoms with Crippen LogP contribution < -0.4 is 0 Å². The van der Waals surface area contributed by atoms with Crippen LogP contribution in [0.5, 0.6) is 0 Å². The Labute approximate surface area is 92.0 Å². The fourth-order valence-electron chi connectivity index (χ4n) is 3.76. The molecule has 0 bridgehead atoms. The normalized spacial score (nSPS) is 48.1. The van der Waals surface area contributed by atoms with Crippen LogP contribution in [-0.2, 0) is 4.79 Å². The van der Waals surface area contributed by atoms with Crippen LogP contribution in [-0.4, -0.2) is 23.4 Å². The van der Waals surface area contributed by atoms with Crippen LogP contribution in [0.1, 0.15) is 39.5 Å². The van der Waals surface area contributed by atoms with Crippen LogP contribution in [0.25, 0.3) is 0 Å². The number of rotatable bonds is 1. The van der Waals surface area contributed by atoms with Gasteiger partial charge in [0.05, 0.1) is 0 Å². The molecule has 0 N–H and O–H groups in total. The Kier molecular flexibility index (Phi) is 2.08. The Balaban J connectivity index is 1.64. The van der Waals surface area contributed by atoms with Crippen LogP contribution in [0.4, 0.5) is 0 Å². The molecule has 0 aromatic rings. The highest BCUT2D eigenvalue weighted by molar-refractivity contribution is 5.80. The number of fused-ring (bicyclic) bond motifs is 1. The smallest absolute Gasteiger partial charge is 0.225 e. The lowest BCUT2D eigenvalue weighted by Gasteiger charge is -2.25. The first-order chi connectivity index (χ1) is 7.15. The zero-order valence-corrected chi connectivity index (χ0v) is 9.78. The molecule has 0 spiro atoms. The van der Waals surface area contributed by atoms with E-state index >= 15 is 0 Å². The van der Waals surface area contributed by atoms with Crippen molar-refractivity contribution in [2.45, 2.75) is 45.6 Å². The number of carbonyl (C=O) groups excluding carboxylic acids is 1. The van der Waals surface area contributed by atoms with Crippen molar-refractivity contribution in [2.75, 3.05) is 6.54 Å². The van der Waals surface area contributed by atoms with E-state index in [0.717, 1.165) is 18.4 Å². The number of carbonyl (C=O) groups is 1. The summed E-state index contributed by atoms with van der Waals surface area (Å²) in [6.07, 6.45) is 5.00. The maximum absolute atomic E-state index is 12.3. The molecular weight excluding hydrogens is 186 g/mol. The second kappa shape index (κ2) is 3.23. The zero-order valence-electron chi connectivity index (χ0n) is 9.78. The van der Waals surface area contributed by atoms with Crippen LogP contribution in [0.15, 0.2) is 0 Å². The average molecular weight is 207 g/mol. The number of hydrogen-bond acceptors (Lipinski definition) is 1. The second-order valence-corrected chi connectivity index (χ2v) is 6.10. The first-order valence-electron chi connectivity index (χ1n) is 6.45. The lowest BCUT2D eigenvalue weighted by molar-refractivity contribution is -0.136. The van der Waals surface area contributed by atoms with Crippen molar-refractivity contribution in [3.63, 3.8) is 0 Å². The molecule has 2 aliphatic carbocycles. The fraction of sp³-hybridized carbons (Fsp3) is 0.923. The van der Waals surface area contributed by atoms with Gasteiger partial charge in [0.1, 0.15) is 0 Å². The molecule has 1 heterocycles. The third-order valence-electron chi connectivity index (χ3n) is 4.66. The second-order valence-electron chi connectivity index (χ2n) is 6.10. The van der Waals surface area contributed by atoms with E-state index in [-0.39, 0.29) is 0 Å². The van der Waals surface area contributed by atoms with Gasteiger partial charge in [-0.15, -0.1) is 0 Å². The van der Waals surface area contributed by atoms with Gasteiger partial charge in [0.2, 0.25) is 5.91 Å². The van der Waals surface area contributed by atoms with E-state index in [0.29, 0.717) is 23.8 Å². The molecule has 3 rings (SSSR count). The topological polar surface area (TPSA) is 20.3 Å². The minimum absolute atomic E-state index is 0.390. The van der Waals surface area contributed by atoms with Crippen LogP contribution >= 0.6 is 0 Å². The molecule has 4 atom stereocenters. The largest absolute Gasteiger partial charge is 0.339 e. The Hall–Kier alpha value is -0.530. The average Bonchev–Trinajstić information content (AvgIpc) is 2.65. The van der Waals surface area contributed by atoms with Gasteiger partial charge in [0.25, 0.3) is 0 Å². The van der Waals surface area contributed by atoms with E-state index in [2.05, 4.69) is 18.7 Å². The molecule has 2 nitrogen and oxygen atoms in total. The van der Waals surface area contributed by atoms with E-state index in [1.54, 1.807) is 0 Å².